The minimum absolute atomic E-state index is 0.0573. The van der Waals surface area contributed by atoms with Crippen molar-refractivity contribution in [1.82, 2.24) is 0 Å². The van der Waals surface area contributed by atoms with E-state index in [-0.39, 0.29) is 12.0 Å². The van der Waals surface area contributed by atoms with Crippen LogP contribution in [0.1, 0.15) is 19.4 Å². The van der Waals surface area contributed by atoms with Crippen LogP contribution in [0.2, 0.25) is 0 Å². The lowest BCUT2D eigenvalue weighted by atomic mass is 10.0. The van der Waals surface area contributed by atoms with Crippen molar-refractivity contribution in [3.05, 3.63) is 71.1 Å². The molecule has 0 aliphatic carbocycles. The highest BCUT2D eigenvalue weighted by Gasteiger charge is 2.21. The quantitative estimate of drug-likeness (QED) is 0.607. The number of ether oxygens (including phenoxy) is 1. The zero-order valence-electron chi connectivity index (χ0n) is 14.7. The van der Waals surface area contributed by atoms with Gasteiger partial charge in [-0.3, -0.25) is 4.79 Å². The predicted octanol–water partition coefficient (Wildman–Crippen LogP) is 5.71. The van der Waals surface area contributed by atoms with Gasteiger partial charge >= 0.3 is 0 Å². The Morgan fingerprint density at radius 2 is 1.77 bits per heavy atom. The fourth-order valence-electron chi connectivity index (χ4n) is 3.01. The maximum Gasteiger partial charge on any atom is 0.262 e. The van der Waals surface area contributed by atoms with Crippen LogP contribution >= 0.6 is 11.8 Å². The van der Waals surface area contributed by atoms with Gasteiger partial charge in [0.15, 0.2) is 0 Å². The highest BCUT2D eigenvalue weighted by atomic mass is 32.2. The van der Waals surface area contributed by atoms with Crippen molar-refractivity contribution in [2.24, 2.45) is 0 Å². The van der Waals surface area contributed by atoms with Crippen LogP contribution in [0.15, 0.2) is 70.5 Å². The SMILES string of the molecule is CC(C)Oc1ccc2ccccc2c1/C=C1\Sc2ccccc2NC1=O. The Morgan fingerprint density at radius 1 is 1.00 bits per heavy atom. The van der Waals surface area contributed by atoms with Crippen LogP contribution in [0.25, 0.3) is 16.8 Å². The molecule has 1 aliphatic rings. The molecule has 3 nitrogen and oxygen atoms in total. The van der Waals surface area contributed by atoms with Gasteiger partial charge in [0.1, 0.15) is 5.75 Å². The van der Waals surface area contributed by atoms with E-state index >= 15 is 0 Å². The van der Waals surface area contributed by atoms with Crippen LogP contribution in [-0.2, 0) is 4.79 Å². The second kappa shape index (κ2) is 6.89. The van der Waals surface area contributed by atoms with Gasteiger partial charge in [-0.15, -0.1) is 0 Å². The molecule has 3 aromatic rings. The molecule has 1 heterocycles. The monoisotopic (exact) mass is 361 g/mol. The summed E-state index contributed by atoms with van der Waals surface area (Å²) in [5.41, 5.74) is 1.80. The fourth-order valence-corrected chi connectivity index (χ4v) is 3.95. The molecule has 0 radical (unpaired) electrons. The molecule has 0 unspecified atom stereocenters. The third-order valence-electron chi connectivity index (χ3n) is 4.15. The molecule has 0 fully saturated rings. The number of nitrogens with one attached hydrogen (secondary N) is 1. The molecule has 1 amide bonds. The second-order valence-corrected chi connectivity index (χ2v) is 7.51. The minimum atomic E-state index is -0.0860. The molecule has 0 spiro atoms. The zero-order chi connectivity index (χ0) is 18.1. The van der Waals surface area contributed by atoms with Crippen LogP contribution in [0.4, 0.5) is 5.69 Å². The third kappa shape index (κ3) is 3.20. The van der Waals surface area contributed by atoms with Gasteiger partial charge in [-0.05, 0) is 48.9 Å². The Morgan fingerprint density at radius 3 is 2.62 bits per heavy atom. The van der Waals surface area contributed by atoms with Gasteiger partial charge < -0.3 is 10.1 Å². The lowest BCUT2D eigenvalue weighted by Crippen LogP contribution is -2.17. The average molecular weight is 361 g/mol. The maximum atomic E-state index is 12.6. The number of para-hydroxylation sites is 1. The number of hydrogen-bond donors (Lipinski definition) is 1. The molecule has 1 aliphatic heterocycles. The first-order chi connectivity index (χ1) is 12.6. The fraction of sp³-hybridized carbons (Fsp3) is 0.136. The molecule has 4 rings (SSSR count). The summed E-state index contributed by atoms with van der Waals surface area (Å²) in [6.45, 7) is 4.01. The molecule has 4 heteroatoms. The van der Waals surface area contributed by atoms with E-state index < -0.39 is 0 Å². The summed E-state index contributed by atoms with van der Waals surface area (Å²) in [6.07, 6.45) is 2.00. The van der Waals surface area contributed by atoms with Crippen molar-refractivity contribution < 1.29 is 9.53 Å². The van der Waals surface area contributed by atoms with Crippen LogP contribution in [-0.4, -0.2) is 12.0 Å². The van der Waals surface area contributed by atoms with Gasteiger partial charge in [0.2, 0.25) is 0 Å². The van der Waals surface area contributed by atoms with E-state index in [2.05, 4.69) is 23.5 Å². The highest BCUT2D eigenvalue weighted by molar-refractivity contribution is 8.04. The molecule has 26 heavy (non-hydrogen) atoms. The van der Waals surface area contributed by atoms with Gasteiger partial charge in [0.25, 0.3) is 5.91 Å². The topological polar surface area (TPSA) is 38.3 Å². The molecule has 3 aromatic carbocycles. The Balaban J connectivity index is 1.85. The number of carbonyl (C=O) groups excluding carboxylic acids is 1. The number of hydrogen-bond acceptors (Lipinski definition) is 3. The largest absolute Gasteiger partial charge is 0.490 e. The van der Waals surface area contributed by atoms with Gasteiger partial charge in [-0.25, -0.2) is 0 Å². The summed E-state index contributed by atoms with van der Waals surface area (Å²) < 4.78 is 6.01. The Hall–Kier alpha value is -2.72. The van der Waals surface area contributed by atoms with Crippen LogP contribution in [0.5, 0.6) is 5.75 Å². The third-order valence-corrected chi connectivity index (χ3v) is 5.25. The number of carbonyl (C=O) groups is 1. The molecular formula is C22H19NO2S. The van der Waals surface area contributed by atoms with Crippen molar-refractivity contribution >= 4 is 40.2 Å². The number of benzene rings is 3. The number of thioether (sulfide) groups is 1. The van der Waals surface area contributed by atoms with E-state index in [0.717, 1.165) is 32.7 Å². The van der Waals surface area contributed by atoms with Crippen LogP contribution in [0, 0.1) is 0 Å². The van der Waals surface area contributed by atoms with Crippen molar-refractivity contribution in [3.8, 4) is 5.75 Å². The predicted molar refractivity (Wildman–Crippen MR) is 109 cm³/mol. The summed E-state index contributed by atoms with van der Waals surface area (Å²) in [5, 5.41) is 5.17. The number of anilines is 1. The van der Waals surface area contributed by atoms with E-state index in [0.29, 0.717) is 4.91 Å². The maximum absolute atomic E-state index is 12.6. The number of fused-ring (bicyclic) bond motifs is 2. The molecule has 130 valence electrons. The number of rotatable bonds is 3. The first kappa shape index (κ1) is 16.7. The van der Waals surface area contributed by atoms with Gasteiger partial charge in [0, 0.05) is 10.5 Å². The Kier molecular flexibility index (Phi) is 4.43. The van der Waals surface area contributed by atoms with Crippen LogP contribution in [0.3, 0.4) is 0 Å². The Labute approximate surface area is 157 Å². The number of amides is 1. The van der Waals surface area contributed by atoms with Crippen molar-refractivity contribution in [3.63, 3.8) is 0 Å². The molecule has 0 bridgehead atoms. The summed E-state index contributed by atoms with van der Waals surface area (Å²) in [6, 6.07) is 20.0. The van der Waals surface area contributed by atoms with E-state index in [4.69, 9.17) is 4.74 Å². The first-order valence-corrected chi connectivity index (χ1v) is 9.42. The summed E-state index contributed by atoms with van der Waals surface area (Å²) >= 11 is 1.49. The first-order valence-electron chi connectivity index (χ1n) is 8.60. The molecular weight excluding hydrogens is 342 g/mol. The van der Waals surface area contributed by atoms with E-state index in [1.165, 1.54) is 11.8 Å². The summed E-state index contributed by atoms with van der Waals surface area (Å²) in [5.74, 6) is 0.704. The van der Waals surface area contributed by atoms with Crippen LogP contribution < -0.4 is 10.1 Å². The standard InChI is InChI=1S/C22H19NO2S/c1-14(2)25-19-12-11-15-7-3-4-8-16(15)17(19)13-21-22(24)23-18-9-5-6-10-20(18)26-21/h3-14H,1-2H3,(H,23,24)/b21-13-. The van der Waals surface area contributed by atoms with E-state index in [1.54, 1.807) is 0 Å². The molecule has 0 saturated carbocycles. The lowest BCUT2D eigenvalue weighted by molar-refractivity contribution is -0.112. The van der Waals surface area contributed by atoms with Crippen molar-refractivity contribution in [2.75, 3.05) is 5.32 Å². The van der Waals surface area contributed by atoms with Gasteiger partial charge in [-0.2, -0.15) is 0 Å². The van der Waals surface area contributed by atoms with E-state index in [1.807, 2.05) is 62.4 Å². The highest BCUT2D eigenvalue weighted by Crippen LogP contribution is 2.40. The van der Waals surface area contributed by atoms with Crippen molar-refractivity contribution in [1.29, 1.82) is 0 Å². The molecule has 0 saturated heterocycles. The summed E-state index contributed by atoms with van der Waals surface area (Å²) in [7, 11) is 0. The van der Waals surface area contributed by atoms with E-state index in [9.17, 15) is 4.79 Å². The smallest absolute Gasteiger partial charge is 0.262 e. The average Bonchev–Trinajstić information content (AvgIpc) is 2.63. The lowest BCUT2D eigenvalue weighted by Gasteiger charge is -2.19. The summed E-state index contributed by atoms with van der Waals surface area (Å²) in [4.78, 5) is 14.3. The van der Waals surface area contributed by atoms with Gasteiger partial charge in [0.05, 0.1) is 16.7 Å². The normalized spacial score (nSPS) is 15.2. The van der Waals surface area contributed by atoms with Crippen molar-refractivity contribution in [2.45, 2.75) is 24.8 Å². The van der Waals surface area contributed by atoms with Gasteiger partial charge in [-0.1, -0.05) is 54.2 Å². The Bertz CT molecular complexity index is 1020. The molecule has 0 atom stereocenters. The second-order valence-electron chi connectivity index (χ2n) is 6.43. The minimum Gasteiger partial charge on any atom is -0.490 e. The molecule has 0 aromatic heterocycles. The zero-order valence-corrected chi connectivity index (χ0v) is 15.5. The molecule has 1 N–H and O–H groups in total.